The molecule has 118 valence electrons. The van der Waals surface area contributed by atoms with Crippen LogP contribution >= 0.6 is 23.2 Å². The number of sulfonamides is 1. The van der Waals surface area contributed by atoms with Gasteiger partial charge in [0.15, 0.2) is 0 Å². The molecule has 21 heavy (non-hydrogen) atoms. The molecule has 0 aliphatic carbocycles. The number of aliphatic hydroxyl groups excluding tert-OH is 1. The van der Waals surface area contributed by atoms with Crippen LogP contribution in [0.5, 0.6) is 0 Å². The Morgan fingerprint density at radius 3 is 2.62 bits per heavy atom. The van der Waals surface area contributed by atoms with Gasteiger partial charge in [-0.2, -0.15) is 4.31 Å². The van der Waals surface area contributed by atoms with Crippen LogP contribution in [0.15, 0.2) is 17.0 Å². The van der Waals surface area contributed by atoms with Gasteiger partial charge in [-0.1, -0.05) is 37.0 Å². The van der Waals surface area contributed by atoms with Crippen LogP contribution < -0.4 is 0 Å². The number of nitrogens with zero attached hydrogens (tertiary/aromatic N) is 1. The second-order valence-corrected chi connectivity index (χ2v) is 8.28. The molecule has 0 saturated carbocycles. The van der Waals surface area contributed by atoms with E-state index in [2.05, 4.69) is 0 Å². The number of hydrogen-bond acceptors (Lipinski definition) is 3. The zero-order chi connectivity index (χ0) is 15.8. The lowest BCUT2D eigenvalue weighted by atomic mass is 10.0. The summed E-state index contributed by atoms with van der Waals surface area (Å²) in [4.78, 5) is -0.0201. The van der Waals surface area contributed by atoms with Gasteiger partial charge in [0.1, 0.15) is 4.90 Å². The van der Waals surface area contributed by atoms with Crippen molar-refractivity contribution in [3.63, 3.8) is 0 Å². The van der Waals surface area contributed by atoms with Gasteiger partial charge in [-0.15, -0.1) is 0 Å². The Hall–Kier alpha value is -0.330. The van der Waals surface area contributed by atoms with Crippen molar-refractivity contribution < 1.29 is 13.5 Å². The highest BCUT2D eigenvalue weighted by atomic mass is 35.5. The maximum Gasteiger partial charge on any atom is 0.244 e. The molecule has 0 aromatic heterocycles. The average Bonchev–Trinajstić information content (AvgIpc) is 2.91. The standard InChI is InChI=1S/C14H19Cl2NO3S/c1-9(2)12-4-3-5-17(12)21(19,20)13-7-11(15)6-10(8-18)14(13)16/h6-7,9,12,18H,3-5,8H2,1-2H3. The molecule has 1 aromatic carbocycles. The van der Waals surface area contributed by atoms with E-state index in [1.165, 1.54) is 16.4 Å². The third kappa shape index (κ3) is 3.22. The van der Waals surface area contributed by atoms with Gasteiger partial charge in [-0.25, -0.2) is 8.42 Å². The van der Waals surface area contributed by atoms with Gasteiger partial charge in [-0.05, 0) is 36.5 Å². The minimum atomic E-state index is -3.71. The smallest absolute Gasteiger partial charge is 0.244 e. The van der Waals surface area contributed by atoms with Crippen molar-refractivity contribution in [2.45, 2.75) is 44.2 Å². The van der Waals surface area contributed by atoms with E-state index in [0.717, 1.165) is 12.8 Å². The molecule has 1 fully saturated rings. The van der Waals surface area contributed by atoms with E-state index in [4.69, 9.17) is 23.2 Å². The van der Waals surface area contributed by atoms with E-state index in [-0.39, 0.29) is 33.5 Å². The molecule has 4 nitrogen and oxygen atoms in total. The van der Waals surface area contributed by atoms with E-state index >= 15 is 0 Å². The van der Waals surface area contributed by atoms with E-state index in [1.807, 2.05) is 13.8 Å². The predicted molar refractivity (Wildman–Crippen MR) is 84.1 cm³/mol. The molecule has 1 aliphatic heterocycles. The number of rotatable bonds is 4. The third-order valence-electron chi connectivity index (χ3n) is 3.85. The third-order valence-corrected chi connectivity index (χ3v) is 6.58. The first-order chi connectivity index (χ1) is 9.78. The van der Waals surface area contributed by atoms with Gasteiger partial charge in [0, 0.05) is 17.6 Å². The maximum atomic E-state index is 12.9. The molecule has 1 heterocycles. The molecule has 7 heteroatoms. The second-order valence-electron chi connectivity index (χ2n) is 5.60. The highest BCUT2D eigenvalue weighted by molar-refractivity contribution is 7.89. The van der Waals surface area contributed by atoms with Crippen molar-refractivity contribution in [1.82, 2.24) is 4.31 Å². The van der Waals surface area contributed by atoms with Crippen LogP contribution in [0.25, 0.3) is 0 Å². The molecular weight excluding hydrogens is 333 g/mol. The van der Waals surface area contributed by atoms with Crippen LogP contribution in [0.1, 0.15) is 32.3 Å². The lowest BCUT2D eigenvalue weighted by Gasteiger charge is -2.27. The van der Waals surface area contributed by atoms with Crippen molar-refractivity contribution >= 4 is 33.2 Å². The van der Waals surface area contributed by atoms with Crippen LogP contribution in [0.3, 0.4) is 0 Å². The SMILES string of the molecule is CC(C)C1CCCN1S(=O)(=O)c1cc(Cl)cc(CO)c1Cl. The van der Waals surface area contributed by atoms with Crippen LogP contribution in [-0.4, -0.2) is 30.4 Å². The monoisotopic (exact) mass is 351 g/mol. The summed E-state index contributed by atoms with van der Waals surface area (Å²) in [7, 11) is -3.71. The number of halogens is 2. The molecule has 1 aromatic rings. The normalized spacial score (nSPS) is 20.4. The summed E-state index contributed by atoms with van der Waals surface area (Å²) in [6, 6.07) is 2.81. The summed E-state index contributed by atoms with van der Waals surface area (Å²) in [6.45, 7) is 4.16. The van der Waals surface area contributed by atoms with E-state index in [1.54, 1.807) is 0 Å². The van der Waals surface area contributed by atoms with Crippen LogP contribution in [0.4, 0.5) is 0 Å². The Labute approximate surface area is 135 Å². The fraction of sp³-hybridized carbons (Fsp3) is 0.571. The quantitative estimate of drug-likeness (QED) is 0.905. The van der Waals surface area contributed by atoms with Gasteiger partial charge in [-0.3, -0.25) is 0 Å². The van der Waals surface area contributed by atoms with Crippen molar-refractivity contribution in [2.24, 2.45) is 5.92 Å². The van der Waals surface area contributed by atoms with Gasteiger partial charge in [0.25, 0.3) is 0 Å². The van der Waals surface area contributed by atoms with Crippen LogP contribution in [0.2, 0.25) is 10.0 Å². The van der Waals surface area contributed by atoms with Gasteiger partial charge < -0.3 is 5.11 Å². The maximum absolute atomic E-state index is 12.9. The number of benzene rings is 1. The van der Waals surface area contributed by atoms with E-state index < -0.39 is 10.0 Å². The Kier molecular flexibility index (Phi) is 5.21. The molecule has 0 amide bonds. The first-order valence-corrected chi connectivity index (χ1v) is 9.09. The topological polar surface area (TPSA) is 57.6 Å². The zero-order valence-electron chi connectivity index (χ0n) is 12.0. The average molecular weight is 352 g/mol. The molecule has 0 bridgehead atoms. The molecule has 2 rings (SSSR count). The van der Waals surface area contributed by atoms with Gasteiger partial charge in [0.2, 0.25) is 10.0 Å². The molecule has 1 saturated heterocycles. The molecule has 1 atom stereocenters. The largest absolute Gasteiger partial charge is 0.392 e. The van der Waals surface area contributed by atoms with Gasteiger partial charge in [0.05, 0.1) is 11.6 Å². The van der Waals surface area contributed by atoms with E-state index in [9.17, 15) is 13.5 Å². The lowest BCUT2D eigenvalue weighted by Crippen LogP contribution is -2.38. The Morgan fingerprint density at radius 2 is 2.05 bits per heavy atom. The van der Waals surface area contributed by atoms with Crippen molar-refractivity contribution in [3.05, 3.63) is 27.7 Å². The summed E-state index contributed by atoms with van der Waals surface area (Å²) in [5.74, 6) is 0.234. The minimum Gasteiger partial charge on any atom is -0.392 e. The summed E-state index contributed by atoms with van der Waals surface area (Å²) < 4.78 is 27.3. The van der Waals surface area contributed by atoms with E-state index in [0.29, 0.717) is 12.1 Å². The predicted octanol–water partition coefficient (Wildman–Crippen LogP) is 3.29. The lowest BCUT2D eigenvalue weighted by molar-refractivity contribution is 0.281. The highest BCUT2D eigenvalue weighted by Crippen LogP contribution is 2.35. The molecular formula is C14H19Cl2NO3S. The Morgan fingerprint density at radius 1 is 1.38 bits per heavy atom. The first-order valence-electron chi connectivity index (χ1n) is 6.89. The molecule has 1 N–H and O–H groups in total. The van der Waals surface area contributed by atoms with Crippen LogP contribution in [-0.2, 0) is 16.6 Å². The summed E-state index contributed by atoms with van der Waals surface area (Å²) >= 11 is 12.1. The fourth-order valence-electron chi connectivity index (χ4n) is 2.78. The summed E-state index contributed by atoms with van der Waals surface area (Å²) in [6.07, 6.45) is 1.69. The fourth-order valence-corrected chi connectivity index (χ4v) is 5.51. The number of hydrogen-bond donors (Lipinski definition) is 1. The van der Waals surface area contributed by atoms with Gasteiger partial charge >= 0.3 is 0 Å². The van der Waals surface area contributed by atoms with Crippen molar-refractivity contribution in [1.29, 1.82) is 0 Å². The Balaban J connectivity index is 2.52. The second kappa shape index (κ2) is 6.42. The molecule has 1 unspecified atom stereocenters. The first kappa shape index (κ1) is 17.0. The minimum absolute atomic E-state index is 0.0201. The summed E-state index contributed by atoms with van der Waals surface area (Å²) in [5.41, 5.74) is 0.322. The Bertz CT molecular complexity index is 631. The van der Waals surface area contributed by atoms with Crippen LogP contribution in [0, 0.1) is 5.92 Å². The molecule has 1 aliphatic rings. The number of aliphatic hydroxyl groups is 1. The van der Waals surface area contributed by atoms with Crippen molar-refractivity contribution in [2.75, 3.05) is 6.54 Å². The van der Waals surface area contributed by atoms with Crippen molar-refractivity contribution in [3.8, 4) is 0 Å². The highest BCUT2D eigenvalue weighted by Gasteiger charge is 2.38. The zero-order valence-corrected chi connectivity index (χ0v) is 14.3. The summed E-state index contributed by atoms with van der Waals surface area (Å²) in [5, 5.41) is 9.59. The molecule has 0 spiro atoms. The molecule has 0 radical (unpaired) electrons.